The van der Waals surface area contributed by atoms with E-state index in [1.807, 2.05) is 54.6 Å². The molecule has 0 atom stereocenters. The average molecular weight is 436 g/mol. The number of nitrogens with one attached hydrogen (secondary N) is 2. The van der Waals surface area contributed by atoms with Gasteiger partial charge < -0.3 is 20.1 Å². The molecule has 0 saturated heterocycles. The highest BCUT2D eigenvalue weighted by Gasteiger charge is 2.08. The Kier molecular flexibility index (Phi) is 6.76. The number of halogens is 1. The second-order valence-corrected chi connectivity index (χ2v) is 7.16. The van der Waals surface area contributed by atoms with E-state index in [1.54, 1.807) is 13.3 Å². The summed E-state index contributed by atoms with van der Waals surface area (Å²) in [5, 5.41) is 8.05. The van der Waals surface area contributed by atoms with E-state index in [0.717, 1.165) is 28.0 Å². The normalized spacial score (nSPS) is 10.8. The summed E-state index contributed by atoms with van der Waals surface area (Å²) in [6.07, 6.45) is 3.27. The summed E-state index contributed by atoms with van der Waals surface area (Å²) in [7, 11) is 1.68. The SMILES string of the molecule is COCCNc1ccc2ncnc(Nc3ccc(OCc4ccccn4)c(Cl)c3)c2c1. The van der Waals surface area contributed by atoms with E-state index in [-0.39, 0.29) is 0 Å². The molecule has 158 valence electrons. The van der Waals surface area contributed by atoms with Crippen molar-refractivity contribution in [3.63, 3.8) is 0 Å². The van der Waals surface area contributed by atoms with Crippen molar-refractivity contribution in [1.29, 1.82) is 0 Å². The monoisotopic (exact) mass is 435 g/mol. The number of ether oxygens (including phenoxy) is 2. The van der Waals surface area contributed by atoms with Crippen LogP contribution in [0.15, 0.2) is 67.1 Å². The Balaban J connectivity index is 1.50. The van der Waals surface area contributed by atoms with Gasteiger partial charge in [-0.25, -0.2) is 9.97 Å². The molecule has 0 saturated carbocycles. The molecular weight excluding hydrogens is 414 g/mol. The first-order valence-electron chi connectivity index (χ1n) is 9.80. The van der Waals surface area contributed by atoms with E-state index >= 15 is 0 Å². The van der Waals surface area contributed by atoms with Crippen LogP contribution in [0.5, 0.6) is 5.75 Å². The zero-order valence-electron chi connectivity index (χ0n) is 17.0. The maximum absolute atomic E-state index is 6.44. The van der Waals surface area contributed by atoms with Crippen LogP contribution in [0.25, 0.3) is 10.9 Å². The first kappa shape index (κ1) is 20.8. The van der Waals surface area contributed by atoms with Gasteiger partial charge >= 0.3 is 0 Å². The summed E-state index contributed by atoms with van der Waals surface area (Å²) in [5.41, 5.74) is 3.45. The Morgan fingerprint density at radius 3 is 2.68 bits per heavy atom. The molecule has 4 rings (SSSR count). The third-order valence-electron chi connectivity index (χ3n) is 4.57. The third-order valence-corrected chi connectivity index (χ3v) is 4.86. The Morgan fingerprint density at radius 2 is 1.87 bits per heavy atom. The molecule has 31 heavy (non-hydrogen) atoms. The Labute approximate surface area is 185 Å². The number of anilines is 3. The van der Waals surface area contributed by atoms with Gasteiger partial charge in [0, 0.05) is 36.6 Å². The topological polar surface area (TPSA) is 81.2 Å². The van der Waals surface area contributed by atoms with Gasteiger partial charge in [-0.1, -0.05) is 17.7 Å². The molecule has 2 N–H and O–H groups in total. The van der Waals surface area contributed by atoms with E-state index < -0.39 is 0 Å². The summed E-state index contributed by atoms with van der Waals surface area (Å²) in [5.74, 6) is 1.29. The lowest BCUT2D eigenvalue weighted by Gasteiger charge is -2.12. The number of hydrogen-bond donors (Lipinski definition) is 2. The molecule has 8 heteroatoms. The van der Waals surface area contributed by atoms with Crippen molar-refractivity contribution in [3.8, 4) is 5.75 Å². The number of pyridine rings is 1. The molecule has 2 aromatic heterocycles. The minimum Gasteiger partial charge on any atom is -0.486 e. The highest BCUT2D eigenvalue weighted by atomic mass is 35.5. The van der Waals surface area contributed by atoms with Gasteiger partial charge in [0.1, 0.15) is 24.5 Å². The smallest absolute Gasteiger partial charge is 0.141 e. The molecule has 0 aliphatic heterocycles. The van der Waals surface area contributed by atoms with Crippen LogP contribution < -0.4 is 15.4 Å². The van der Waals surface area contributed by atoms with Crippen molar-refractivity contribution in [2.75, 3.05) is 30.9 Å². The summed E-state index contributed by atoms with van der Waals surface area (Å²) in [4.78, 5) is 13.0. The van der Waals surface area contributed by atoms with Crippen LogP contribution in [0.3, 0.4) is 0 Å². The number of fused-ring (bicyclic) bond motifs is 1. The number of hydrogen-bond acceptors (Lipinski definition) is 7. The van der Waals surface area contributed by atoms with Gasteiger partial charge in [-0.15, -0.1) is 0 Å². The molecule has 0 aliphatic carbocycles. The Hall–Kier alpha value is -3.42. The number of aromatic nitrogens is 3. The van der Waals surface area contributed by atoms with Gasteiger partial charge in [-0.05, 0) is 48.5 Å². The summed E-state index contributed by atoms with van der Waals surface area (Å²) >= 11 is 6.44. The standard InChI is InChI=1S/C23H22ClN5O2/c1-30-11-10-26-16-5-7-21-19(12-16)23(28-15-27-21)29-17-6-8-22(20(24)13-17)31-14-18-4-2-3-9-25-18/h2-9,12-13,15,26H,10-11,14H2,1H3,(H,27,28,29). The second-order valence-electron chi connectivity index (χ2n) is 6.75. The Morgan fingerprint density at radius 1 is 0.968 bits per heavy atom. The van der Waals surface area contributed by atoms with E-state index in [4.69, 9.17) is 21.1 Å². The van der Waals surface area contributed by atoms with E-state index in [9.17, 15) is 0 Å². The summed E-state index contributed by atoms with van der Waals surface area (Å²) in [6.45, 7) is 1.69. The highest BCUT2D eigenvalue weighted by molar-refractivity contribution is 6.32. The first-order valence-corrected chi connectivity index (χ1v) is 10.2. The number of rotatable bonds is 9. The van der Waals surface area contributed by atoms with Gasteiger partial charge in [0.25, 0.3) is 0 Å². The van der Waals surface area contributed by atoms with Crippen LogP contribution in [0.4, 0.5) is 17.2 Å². The molecule has 0 aliphatic rings. The van der Waals surface area contributed by atoms with Crippen LogP contribution >= 0.6 is 11.6 Å². The summed E-state index contributed by atoms with van der Waals surface area (Å²) in [6, 6.07) is 17.2. The second kappa shape index (κ2) is 10.1. The lowest BCUT2D eigenvalue weighted by atomic mass is 10.2. The molecule has 0 unspecified atom stereocenters. The fourth-order valence-corrected chi connectivity index (χ4v) is 3.27. The molecule has 7 nitrogen and oxygen atoms in total. The van der Waals surface area contributed by atoms with Crippen molar-refractivity contribution in [3.05, 3.63) is 77.8 Å². The van der Waals surface area contributed by atoms with Crippen molar-refractivity contribution in [1.82, 2.24) is 15.0 Å². The number of methoxy groups -OCH3 is 1. The van der Waals surface area contributed by atoms with Gasteiger partial charge in [-0.2, -0.15) is 0 Å². The number of benzene rings is 2. The Bertz CT molecular complexity index is 1160. The van der Waals surface area contributed by atoms with Crippen LogP contribution in [0.1, 0.15) is 5.69 Å². The molecular formula is C23H22ClN5O2. The molecule has 0 amide bonds. The lowest BCUT2D eigenvalue weighted by molar-refractivity contribution is 0.211. The molecule has 2 heterocycles. The van der Waals surface area contributed by atoms with Gasteiger partial charge in [0.05, 0.1) is 22.8 Å². The first-order chi connectivity index (χ1) is 15.2. The number of nitrogens with zero attached hydrogens (tertiary/aromatic N) is 3. The maximum atomic E-state index is 6.44. The maximum Gasteiger partial charge on any atom is 0.141 e. The molecule has 0 radical (unpaired) electrons. The van der Waals surface area contributed by atoms with Crippen LogP contribution in [0.2, 0.25) is 5.02 Å². The van der Waals surface area contributed by atoms with E-state index in [1.165, 1.54) is 6.33 Å². The van der Waals surface area contributed by atoms with Crippen molar-refractivity contribution in [2.24, 2.45) is 0 Å². The van der Waals surface area contributed by atoms with Crippen LogP contribution in [-0.2, 0) is 11.3 Å². The largest absolute Gasteiger partial charge is 0.486 e. The zero-order valence-corrected chi connectivity index (χ0v) is 17.8. The molecule has 0 spiro atoms. The van der Waals surface area contributed by atoms with Gasteiger partial charge in [0.15, 0.2) is 0 Å². The average Bonchev–Trinajstić information content (AvgIpc) is 2.80. The fourth-order valence-electron chi connectivity index (χ4n) is 3.03. The van der Waals surface area contributed by atoms with E-state index in [0.29, 0.717) is 36.3 Å². The minimum atomic E-state index is 0.350. The fraction of sp³-hybridized carbons (Fsp3) is 0.174. The predicted octanol–water partition coefficient (Wildman–Crippen LogP) is 5.06. The highest BCUT2D eigenvalue weighted by Crippen LogP contribution is 2.31. The quantitative estimate of drug-likeness (QED) is 0.355. The van der Waals surface area contributed by atoms with Gasteiger partial charge in [-0.3, -0.25) is 4.98 Å². The van der Waals surface area contributed by atoms with Crippen LogP contribution in [-0.4, -0.2) is 35.2 Å². The van der Waals surface area contributed by atoms with Crippen molar-refractivity contribution >= 4 is 39.7 Å². The molecule has 2 aromatic carbocycles. The van der Waals surface area contributed by atoms with Crippen molar-refractivity contribution in [2.45, 2.75) is 6.61 Å². The minimum absolute atomic E-state index is 0.350. The molecule has 4 aromatic rings. The van der Waals surface area contributed by atoms with E-state index in [2.05, 4.69) is 25.6 Å². The predicted molar refractivity (Wildman–Crippen MR) is 123 cm³/mol. The van der Waals surface area contributed by atoms with Crippen molar-refractivity contribution < 1.29 is 9.47 Å². The van der Waals surface area contributed by atoms with Gasteiger partial charge in [0.2, 0.25) is 0 Å². The summed E-state index contributed by atoms with van der Waals surface area (Å²) < 4.78 is 10.9. The zero-order chi connectivity index (χ0) is 21.5. The molecule has 0 bridgehead atoms. The lowest BCUT2D eigenvalue weighted by Crippen LogP contribution is -2.07. The third kappa shape index (κ3) is 5.39. The van der Waals surface area contributed by atoms with Crippen LogP contribution in [0, 0.1) is 0 Å². The molecule has 0 fully saturated rings.